The van der Waals surface area contributed by atoms with E-state index in [2.05, 4.69) is 9.98 Å². The molecule has 0 saturated carbocycles. The zero-order valence-corrected chi connectivity index (χ0v) is 11.6. The average molecular weight is 286 g/mol. The zero-order valence-electron chi connectivity index (χ0n) is 11.6. The van der Waals surface area contributed by atoms with Gasteiger partial charge in [-0.05, 0) is 18.2 Å². The molecule has 0 N–H and O–H groups in total. The van der Waals surface area contributed by atoms with Crippen molar-refractivity contribution in [2.45, 2.75) is 0 Å². The van der Waals surface area contributed by atoms with Crippen LogP contribution in [0.15, 0.2) is 47.6 Å². The van der Waals surface area contributed by atoms with Crippen molar-refractivity contribution in [2.24, 2.45) is 4.99 Å². The molecule has 21 heavy (non-hydrogen) atoms. The maximum Gasteiger partial charge on any atom is 0.269 e. The molecule has 0 aliphatic heterocycles. The van der Waals surface area contributed by atoms with Crippen LogP contribution < -0.4 is 4.74 Å². The van der Waals surface area contributed by atoms with Crippen molar-refractivity contribution in [3.05, 3.63) is 52.7 Å². The van der Waals surface area contributed by atoms with Crippen LogP contribution >= 0.6 is 0 Å². The molecule has 0 atom stereocenters. The molecule has 0 saturated heterocycles. The van der Waals surface area contributed by atoms with Gasteiger partial charge in [-0.15, -0.1) is 0 Å². The molecule has 0 fully saturated rings. The minimum Gasteiger partial charge on any atom is -0.457 e. The maximum absolute atomic E-state index is 10.6. The first-order valence-electron chi connectivity index (χ1n) is 6.13. The van der Waals surface area contributed by atoms with Gasteiger partial charge in [0.25, 0.3) is 5.69 Å². The third kappa shape index (κ3) is 4.27. The second kappa shape index (κ2) is 6.47. The quantitative estimate of drug-likeness (QED) is 0.365. The first kappa shape index (κ1) is 14.4. The molecular weight excluding hydrogens is 272 g/mol. The van der Waals surface area contributed by atoms with E-state index in [9.17, 15) is 10.1 Å². The summed E-state index contributed by atoms with van der Waals surface area (Å²) in [7, 11) is 3.72. The molecule has 0 spiro atoms. The highest BCUT2D eigenvalue weighted by Crippen LogP contribution is 2.25. The summed E-state index contributed by atoms with van der Waals surface area (Å²) in [6.07, 6.45) is 3.22. The van der Waals surface area contributed by atoms with Crippen LogP contribution in [0.25, 0.3) is 0 Å². The van der Waals surface area contributed by atoms with Crippen molar-refractivity contribution in [3.8, 4) is 11.5 Å². The lowest BCUT2D eigenvalue weighted by Crippen LogP contribution is -2.07. The second-order valence-electron chi connectivity index (χ2n) is 4.41. The summed E-state index contributed by atoms with van der Waals surface area (Å²) in [5, 5.41) is 10.6. The van der Waals surface area contributed by atoms with Crippen molar-refractivity contribution < 1.29 is 9.66 Å². The van der Waals surface area contributed by atoms with Gasteiger partial charge < -0.3 is 9.64 Å². The molecule has 0 radical (unpaired) electrons. The van der Waals surface area contributed by atoms with E-state index in [1.165, 1.54) is 12.1 Å². The summed E-state index contributed by atoms with van der Waals surface area (Å²) in [6, 6.07) is 9.24. The number of nitrogens with zero attached hydrogens (tertiary/aromatic N) is 4. The first-order valence-corrected chi connectivity index (χ1v) is 6.13. The Bertz CT molecular complexity index is 654. The molecule has 0 unspecified atom stereocenters. The lowest BCUT2D eigenvalue weighted by atomic mass is 10.3. The Morgan fingerprint density at radius 3 is 2.57 bits per heavy atom. The Hall–Kier alpha value is -2.96. The monoisotopic (exact) mass is 286 g/mol. The number of ether oxygens (including phenoxy) is 1. The highest BCUT2D eigenvalue weighted by molar-refractivity contribution is 5.59. The molecule has 1 heterocycles. The van der Waals surface area contributed by atoms with Gasteiger partial charge in [-0.3, -0.25) is 10.1 Å². The van der Waals surface area contributed by atoms with Crippen molar-refractivity contribution in [1.82, 2.24) is 9.88 Å². The number of aliphatic imine (C=N–C) groups is 1. The molecule has 0 aliphatic carbocycles. The third-order valence-corrected chi connectivity index (χ3v) is 2.42. The summed E-state index contributed by atoms with van der Waals surface area (Å²) in [5.41, 5.74) is 0.0216. The van der Waals surface area contributed by atoms with E-state index in [4.69, 9.17) is 4.74 Å². The number of rotatable bonds is 5. The summed E-state index contributed by atoms with van der Waals surface area (Å²) >= 11 is 0. The Kier molecular flexibility index (Phi) is 4.45. The lowest BCUT2D eigenvalue weighted by molar-refractivity contribution is -0.384. The number of nitro benzene ring substituents is 1. The van der Waals surface area contributed by atoms with Gasteiger partial charge in [0.05, 0.1) is 11.3 Å². The standard InChI is InChI=1S/C14H14N4O3/c1-17(2)10-16-14-9-13(7-8-15-14)21-12-5-3-11(4-6-12)18(19)20/h3-10H,1-2H3. The van der Waals surface area contributed by atoms with E-state index in [-0.39, 0.29) is 5.69 Å². The SMILES string of the molecule is CN(C)C=Nc1cc(Oc2ccc([N+](=O)[O-])cc2)ccn1. The van der Waals surface area contributed by atoms with Gasteiger partial charge in [0.2, 0.25) is 0 Å². The number of pyridine rings is 1. The number of hydrogen-bond acceptors (Lipinski definition) is 5. The molecule has 0 aliphatic rings. The van der Waals surface area contributed by atoms with Gasteiger partial charge >= 0.3 is 0 Å². The molecular formula is C14H14N4O3. The number of hydrogen-bond donors (Lipinski definition) is 0. The Morgan fingerprint density at radius 2 is 1.95 bits per heavy atom. The molecule has 2 aromatic rings. The lowest BCUT2D eigenvalue weighted by Gasteiger charge is -2.06. The second-order valence-corrected chi connectivity index (χ2v) is 4.41. The largest absolute Gasteiger partial charge is 0.457 e. The Labute approximate surface area is 121 Å². The van der Waals surface area contributed by atoms with Crippen LogP contribution in [0, 0.1) is 10.1 Å². The van der Waals surface area contributed by atoms with Crippen LogP contribution in [-0.4, -0.2) is 35.2 Å². The first-order chi connectivity index (χ1) is 10.0. The highest BCUT2D eigenvalue weighted by atomic mass is 16.6. The smallest absolute Gasteiger partial charge is 0.269 e. The van der Waals surface area contributed by atoms with E-state index in [1.807, 2.05) is 14.1 Å². The predicted molar refractivity (Wildman–Crippen MR) is 79.2 cm³/mol. The van der Waals surface area contributed by atoms with Crippen molar-refractivity contribution in [2.75, 3.05) is 14.1 Å². The Morgan fingerprint density at radius 1 is 1.24 bits per heavy atom. The summed E-state index contributed by atoms with van der Waals surface area (Å²) in [5.74, 6) is 1.59. The molecule has 1 aromatic heterocycles. The van der Waals surface area contributed by atoms with Crippen LogP contribution in [-0.2, 0) is 0 Å². The summed E-state index contributed by atoms with van der Waals surface area (Å²) in [4.78, 5) is 20.2. The van der Waals surface area contributed by atoms with E-state index in [0.717, 1.165) is 0 Å². The van der Waals surface area contributed by atoms with Crippen LogP contribution in [0.4, 0.5) is 11.5 Å². The average Bonchev–Trinajstić information content (AvgIpc) is 2.46. The van der Waals surface area contributed by atoms with Crippen molar-refractivity contribution in [1.29, 1.82) is 0 Å². The molecule has 7 heteroatoms. The number of benzene rings is 1. The fourth-order valence-electron chi connectivity index (χ4n) is 1.48. The fourth-order valence-corrected chi connectivity index (χ4v) is 1.48. The van der Waals surface area contributed by atoms with Gasteiger partial charge in [0, 0.05) is 38.5 Å². The molecule has 108 valence electrons. The van der Waals surface area contributed by atoms with Crippen molar-refractivity contribution >= 4 is 17.8 Å². The minimum absolute atomic E-state index is 0.0216. The molecule has 2 rings (SSSR count). The van der Waals surface area contributed by atoms with Crippen molar-refractivity contribution in [3.63, 3.8) is 0 Å². The maximum atomic E-state index is 10.6. The van der Waals surface area contributed by atoms with E-state index in [0.29, 0.717) is 17.3 Å². The summed E-state index contributed by atoms with van der Waals surface area (Å²) < 4.78 is 5.61. The number of aromatic nitrogens is 1. The van der Waals surface area contributed by atoms with Gasteiger partial charge in [-0.2, -0.15) is 0 Å². The number of non-ortho nitro benzene ring substituents is 1. The molecule has 0 bridgehead atoms. The Balaban J connectivity index is 2.12. The van der Waals surface area contributed by atoms with Gasteiger partial charge in [0.15, 0.2) is 5.82 Å². The van der Waals surface area contributed by atoms with Gasteiger partial charge in [0.1, 0.15) is 11.5 Å². The molecule has 7 nitrogen and oxygen atoms in total. The molecule has 1 aromatic carbocycles. The van der Waals surface area contributed by atoms with Crippen LogP contribution in [0.1, 0.15) is 0 Å². The van der Waals surface area contributed by atoms with Gasteiger partial charge in [-0.1, -0.05) is 0 Å². The van der Waals surface area contributed by atoms with Gasteiger partial charge in [-0.25, -0.2) is 9.98 Å². The van der Waals surface area contributed by atoms with Crippen LogP contribution in [0.2, 0.25) is 0 Å². The van der Waals surface area contributed by atoms with E-state index >= 15 is 0 Å². The minimum atomic E-state index is -0.454. The number of nitro groups is 1. The van der Waals surface area contributed by atoms with E-state index in [1.54, 1.807) is 41.7 Å². The summed E-state index contributed by atoms with van der Waals surface area (Å²) in [6.45, 7) is 0. The van der Waals surface area contributed by atoms with Crippen LogP contribution in [0.3, 0.4) is 0 Å². The fraction of sp³-hybridized carbons (Fsp3) is 0.143. The molecule has 0 amide bonds. The zero-order chi connectivity index (χ0) is 15.2. The van der Waals surface area contributed by atoms with E-state index < -0.39 is 4.92 Å². The van der Waals surface area contributed by atoms with Crippen LogP contribution in [0.5, 0.6) is 11.5 Å². The topological polar surface area (TPSA) is 80.9 Å². The normalized spacial score (nSPS) is 10.6. The third-order valence-electron chi connectivity index (χ3n) is 2.42. The predicted octanol–water partition coefficient (Wildman–Crippen LogP) is 3.00. The highest BCUT2D eigenvalue weighted by Gasteiger charge is 2.05.